The van der Waals surface area contributed by atoms with Gasteiger partial charge in [0.1, 0.15) is 12.3 Å². The van der Waals surface area contributed by atoms with Gasteiger partial charge in [0.2, 0.25) is 21.8 Å². The van der Waals surface area contributed by atoms with Gasteiger partial charge in [-0.3, -0.25) is 9.59 Å². The highest BCUT2D eigenvalue weighted by Crippen LogP contribution is 2.40. The Morgan fingerprint density at radius 1 is 1.15 bits per heavy atom. The zero-order chi connectivity index (χ0) is 24.3. The number of hydrogen-bond donors (Lipinski definition) is 1. The zero-order valence-corrected chi connectivity index (χ0v) is 21.0. The number of thioether (sulfide) groups is 1. The average Bonchev–Trinajstić information content (AvgIpc) is 2.94. The zero-order valence-electron chi connectivity index (χ0n) is 19.3. The summed E-state index contributed by atoms with van der Waals surface area (Å²) < 4.78 is 33.3. The van der Waals surface area contributed by atoms with Gasteiger partial charge in [-0.1, -0.05) is 25.5 Å². The van der Waals surface area contributed by atoms with Gasteiger partial charge >= 0.3 is 0 Å². The summed E-state index contributed by atoms with van der Waals surface area (Å²) in [6, 6.07) is 11.9. The average molecular weight is 504 g/mol. The highest BCUT2D eigenvalue weighted by molar-refractivity contribution is 8.00. The van der Waals surface area contributed by atoms with Crippen LogP contribution < -0.4 is 15.0 Å². The number of hydrogen-bond acceptors (Lipinski definition) is 6. The molecule has 2 heterocycles. The lowest BCUT2D eigenvalue weighted by Crippen LogP contribution is -2.39. The third-order valence-electron chi connectivity index (χ3n) is 5.95. The second-order valence-corrected chi connectivity index (χ2v) is 11.9. The number of anilines is 2. The second-order valence-electron chi connectivity index (χ2n) is 8.46. The van der Waals surface area contributed by atoms with Crippen molar-refractivity contribution in [2.45, 2.75) is 47.6 Å². The number of nitrogens with one attached hydrogen (secondary N) is 1. The van der Waals surface area contributed by atoms with Gasteiger partial charge in [0.25, 0.3) is 0 Å². The number of sulfonamides is 1. The van der Waals surface area contributed by atoms with Crippen molar-refractivity contribution >= 4 is 45.0 Å². The van der Waals surface area contributed by atoms with E-state index in [-0.39, 0.29) is 29.0 Å². The maximum atomic E-state index is 13.3. The van der Waals surface area contributed by atoms with E-state index < -0.39 is 15.9 Å². The van der Waals surface area contributed by atoms with Gasteiger partial charge in [0.05, 0.1) is 23.4 Å². The van der Waals surface area contributed by atoms with Crippen molar-refractivity contribution in [3.63, 3.8) is 0 Å². The van der Waals surface area contributed by atoms with Crippen molar-refractivity contribution < 1.29 is 22.7 Å². The Kier molecular flexibility index (Phi) is 7.49. The minimum absolute atomic E-state index is 0.00178. The summed E-state index contributed by atoms with van der Waals surface area (Å²) in [5.74, 6) is -0.105. The van der Waals surface area contributed by atoms with Crippen molar-refractivity contribution in [1.29, 1.82) is 0 Å². The summed E-state index contributed by atoms with van der Waals surface area (Å²) in [6.07, 6.45) is 2.94. The number of carbonyl (C=O) groups is 2. The molecule has 1 N–H and O–H groups in total. The fourth-order valence-corrected chi connectivity index (χ4v) is 6.86. The van der Waals surface area contributed by atoms with E-state index in [9.17, 15) is 18.0 Å². The molecule has 0 aliphatic carbocycles. The number of benzene rings is 2. The van der Waals surface area contributed by atoms with Gasteiger partial charge in [0.15, 0.2) is 0 Å². The molecule has 0 saturated carbocycles. The lowest BCUT2D eigenvalue weighted by Gasteiger charge is -2.27. The molecule has 2 amide bonds. The monoisotopic (exact) mass is 503 g/mol. The van der Waals surface area contributed by atoms with Gasteiger partial charge < -0.3 is 15.0 Å². The molecule has 1 saturated heterocycles. The second kappa shape index (κ2) is 10.4. The van der Waals surface area contributed by atoms with E-state index in [1.807, 2.05) is 6.92 Å². The van der Waals surface area contributed by atoms with Gasteiger partial charge in [0, 0.05) is 29.7 Å². The van der Waals surface area contributed by atoms with Gasteiger partial charge in [-0.2, -0.15) is 4.31 Å². The van der Waals surface area contributed by atoms with Crippen LogP contribution in [0.5, 0.6) is 5.75 Å². The van der Waals surface area contributed by atoms with E-state index >= 15 is 0 Å². The number of carbonyl (C=O) groups excluding carboxylic acids is 2. The number of rotatable bonds is 6. The Labute approximate surface area is 204 Å². The number of nitrogens with zero attached hydrogens (tertiary/aromatic N) is 2. The molecule has 0 unspecified atom stereocenters. The van der Waals surface area contributed by atoms with Crippen LogP contribution in [0, 0.1) is 0 Å². The highest BCUT2D eigenvalue weighted by atomic mass is 32.2. The minimum Gasteiger partial charge on any atom is -0.495 e. The van der Waals surface area contributed by atoms with Gasteiger partial charge in [-0.15, -0.1) is 11.8 Å². The standard InChI is InChI=1S/C24H29N3O5S2/c1-17-14-24(29)27(16-23(28)25-19-8-4-5-9-21(19)32-2)20-15-18(10-11-22(20)33-17)34(30,31)26-12-6-3-7-13-26/h4-5,8-11,15,17H,3,6-7,12-14,16H2,1-2H3,(H,25,28)/t17-/m0/s1. The summed E-state index contributed by atoms with van der Waals surface area (Å²) in [5.41, 5.74) is 0.953. The van der Waals surface area contributed by atoms with Gasteiger partial charge in [-0.25, -0.2) is 8.42 Å². The van der Waals surface area contributed by atoms with Crippen LogP contribution in [0.2, 0.25) is 0 Å². The maximum absolute atomic E-state index is 13.3. The van der Waals surface area contributed by atoms with Crippen LogP contribution in [0.4, 0.5) is 11.4 Å². The van der Waals surface area contributed by atoms with E-state index in [2.05, 4.69) is 5.32 Å². The normalized spacial score (nSPS) is 19.3. The first-order valence-electron chi connectivity index (χ1n) is 11.3. The van der Waals surface area contributed by atoms with Crippen LogP contribution in [0.1, 0.15) is 32.6 Å². The van der Waals surface area contributed by atoms with Gasteiger partial charge in [-0.05, 0) is 43.2 Å². The molecule has 0 bridgehead atoms. The van der Waals surface area contributed by atoms with Crippen molar-refractivity contribution in [3.05, 3.63) is 42.5 Å². The number of ether oxygens (including phenoxy) is 1. The Morgan fingerprint density at radius 3 is 2.62 bits per heavy atom. The summed E-state index contributed by atoms with van der Waals surface area (Å²) in [5, 5.41) is 2.80. The molecule has 2 aromatic carbocycles. The molecular weight excluding hydrogens is 474 g/mol. The summed E-state index contributed by atoms with van der Waals surface area (Å²) in [4.78, 5) is 28.4. The maximum Gasteiger partial charge on any atom is 0.244 e. The molecule has 0 spiro atoms. The number of fused-ring (bicyclic) bond motifs is 1. The predicted molar refractivity (Wildman–Crippen MR) is 133 cm³/mol. The lowest BCUT2D eigenvalue weighted by atomic mass is 10.2. The number of para-hydroxylation sites is 2. The number of methoxy groups -OCH3 is 1. The molecule has 8 nitrogen and oxygen atoms in total. The molecule has 4 rings (SSSR count). The van der Waals surface area contributed by atoms with Crippen LogP contribution in [0.3, 0.4) is 0 Å². The molecule has 10 heteroatoms. The first kappa shape index (κ1) is 24.6. The Bertz CT molecular complexity index is 1180. The third-order valence-corrected chi connectivity index (χ3v) is 9.01. The fraction of sp³-hybridized carbons (Fsp3) is 0.417. The summed E-state index contributed by atoms with van der Waals surface area (Å²) in [7, 11) is -2.16. The summed E-state index contributed by atoms with van der Waals surface area (Å²) >= 11 is 1.51. The minimum atomic E-state index is -3.68. The van der Waals surface area contributed by atoms with E-state index in [1.165, 1.54) is 28.1 Å². The fourth-order valence-electron chi connectivity index (χ4n) is 4.23. The molecule has 0 aromatic heterocycles. The van der Waals surface area contributed by atoms with Crippen LogP contribution in [0.25, 0.3) is 0 Å². The first-order valence-corrected chi connectivity index (χ1v) is 13.7. The Hall–Kier alpha value is -2.56. The predicted octanol–water partition coefficient (Wildman–Crippen LogP) is 3.73. The Morgan fingerprint density at radius 2 is 1.88 bits per heavy atom. The molecule has 1 fully saturated rings. The smallest absolute Gasteiger partial charge is 0.244 e. The molecule has 34 heavy (non-hydrogen) atoms. The largest absolute Gasteiger partial charge is 0.495 e. The van der Waals surface area contributed by atoms with Crippen molar-refractivity contribution in [2.75, 3.05) is 37.0 Å². The quantitative estimate of drug-likeness (QED) is 0.645. The third kappa shape index (κ3) is 5.24. The van der Waals surface area contributed by atoms with Crippen molar-refractivity contribution in [2.24, 2.45) is 0 Å². The SMILES string of the molecule is COc1ccccc1NC(=O)CN1C(=O)C[C@H](C)Sc2ccc(S(=O)(=O)N3CCCCC3)cc21. The molecule has 2 aromatic rings. The highest BCUT2D eigenvalue weighted by Gasteiger charge is 2.32. The van der Waals surface area contributed by atoms with Crippen LogP contribution in [0.15, 0.2) is 52.3 Å². The van der Waals surface area contributed by atoms with Crippen LogP contribution in [-0.2, 0) is 19.6 Å². The summed E-state index contributed by atoms with van der Waals surface area (Å²) in [6.45, 7) is 2.71. The first-order chi connectivity index (χ1) is 16.3. The van der Waals surface area contributed by atoms with E-state index in [0.29, 0.717) is 30.2 Å². The molecule has 182 valence electrons. The molecular formula is C24H29N3O5S2. The molecule has 2 aliphatic heterocycles. The van der Waals surface area contributed by atoms with Crippen molar-refractivity contribution in [3.8, 4) is 5.75 Å². The van der Waals surface area contributed by atoms with Crippen LogP contribution >= 0.6 is 11.8 Å². The Balaban J connectivity index is 1.65. The number of piperidine rings is 1. The van der Waals surface area contributed by atoms with E-state index in [1.54, 1.807) is 42.5 Å². The van der Waals surface area contributed by atoms with Crippen molar-refractivity contribution in [1.82, 2.24) is 4.31 Å². The van der Waals surface area contributed by atoms with Crippen LogP contribution in [-0.4, -0.2) is 56.5 Å². The van der Waals surface area contributed by atoms with E-state index in [0.717, 1.165) is 24.2 Å². The molecule has 0 radical (unpaired) electrons. The molecule has 2 aliphatic rings. The van der Waals surface area contributed by atoms with E-state index in [4.69, 9.17) is 4.74 Å². The lowest BCUT2D eigenvalue weighted by molar-refractivity contribution is -0.121. The molecule has 1 atom stereocenters. The number of amides is 2. The topological polar surface area (TPSA) is 96.0 Å².